The summed E-state index contributed by atoms with van der Waals surface area (Å²) in [6.07, 6.45) is 5.84. The van der Waals surface area contributed by atoms with Gasteiger partial charge in [0.15, 0.2) is 0 Å². The van der Waals surface area contributed by atoms with Crippen molar-refractivity contribution in [1.82, 2.24) is 4.98 Å². The molecule has 0 amide bonds. The number of benzene rings is 5. The molecular formula is C44H71N. The molecule has 0 aliphatic heterocycles. The first-order valence-electron chi connectivity index (χ1n) is 14.9. The second kappa shape index (κ2) is 33.1. The molecule has 0 unspecified atom stereocenters. The Morgan fingerprint density at radius 2 is 0.622 bits per heavy atom. The molecule has 0 radical (unpaired) electrons. The Bertz CT molecular complexity index is 1170. The Balaban J connectivity index is -0.000000147. The molecule has 0 saturated heterocycles. The molecule has 252 valence electrons. The first-order chi connectivity index (χ1) is 19.5. The molecule has 1 heterocycles. The van der Waals surface area contributed by atoms with Gasteiger partial charge in [0.1, 0.15) is 0 Å². The van der Waals surface area contributed by atoms with E-state index >= 15 is 0 Å². The van der Waals surface area contributed by atoms with Crippen LogP contribution in [-0.2, 0) is 0 Å². The SMILES string of the molecule is C.C.C.C.C.CC(C)C.CCC.CCCC.c1ccc2[nH]ccc2c1.c1ccc2ccccc2c1.c1ccc2ccccc2c1. The Kier molecular flexibility index (Phi) is 37.3. The van der Waals surface area contributed by atoms with E-state index in [-0.39, 0.29) is 37.1 Å². The molecule has 0 bridgehead atoms. The lowest BCUT2D eigenvalue weighted by Gasteiger charge is -1.92. The van der Waals surface area contributed by atoms with Crippen molar-refractivity contribution in [3.63, 3.8) is 0 Å². The zero-order valence-electron chi connectivity index (χ0n) is 25.9. The third-order valence-corrected chi connectivity index (χ3v) is 5.28. The van der Waals surface area contributed by atoms with E-state index in [1.807, 2.05) is 18.3 Å². The summed E-state index contributed by atoms with van der Waals surface area (Å²) in [5.74, 6) is 0.833. The number of fused-ring (bicyclic) bond motifs is 3. The fraction of sp³-hybridized carbons (Fsp3) is 0.364. The van der Waals surface area contributed by atoms with Gasteiger partial charge < -0.3 is 4.98 Å². The molecule has 0 fully saturated rings. The number of aromatic nitrogens is 1. The molecule has 1 N–H and O–H groups in total. The van der Waals surface area contributed by atoms with E-state index in [1.165, 1.54) is 51.7 Å². The summed E-state index contributed by atoms with van der Waals surface area (Å²) in [7, 11) is 0. The molecule has 0 atom stereocenters. The van der Waals surface area contributed by atoms with E-state index in [0.717, 1.165) is 5.92 Å². The molecule has 6 aromatic rings. The van der Waals surface area contributed by atoms with Gasteiger partial charge in [-0.3, -0.25) is 0 Å². The highest BCUT2D eigenvalue weighted by molar-refractivity contribution is 5.82. The monoisotopic (exact) mass is 614 g/mol. The van der Waals surface area contributed by atoms with Crippen molar-refractivity contribution in [3.8, 4) is 0 Å². The van der Waals surface area contributed by atoms with E-state index < -0.39 is 0 Å². The number of aromatic amines is 1. The van der Waals surface area contributed by atoms with Crippen LogP contribution in [-0.4, -0.2) is 4.98 Å². The summed E-state index contributed by atoms with van der Waals surface area (Å²) in [5, 5.41) is 6.52. The predicted molar refractivity (Wildman–Crippen MR) is 217 cm³/mol. The Morgan fingerprint density at radius 3 is 0.844 bits per heavy atom. The Morgan fingerprint density at radius 1 is 0.400 bits per heavy atom. The van der Waals surface area contributed by atoms with Crippen molar-refractivity contribution in [1.29, 1.82) is 0 Å². The van der Waals surface area contributed by atoms with Crippen LogP contribution in [0.25, 0.3) is 32.4 Å². The van der Waals surface area contributed by atoms with Gasteiger partial charge in [0.05, 0.1) is 0 Å². The van der Waals surface area contributed by atoms with Gasteiger partial charge in [-0.2, -0.15) is 0 Å². The third-order valence-electron chi connectivity index (χ3n) is 5.28. The molecule has 0 saturated carbocycles. The van der Waals surface area contributed by atoms with Gasteiger partial charge in [-0.15, -0.1) is 0 Å². The first kappa shape index (κ1) is 50.8. The lowest BCUT2D eigenvalue weighted by Crippen LogP contribution is -1.67. The Labute approximate surface area is 281 Å². The van der Waals surface area contributed by atoms with Gasteiger partial charge in [-0.1, -0.05) is 220 Å². The lowest BCUT2D eigenvalue weighted by atomic mass is 10.1. The molecule has 1 nitrogen and oxygen atoms in total. The number of hydrogen-bond acceptors (Lipinski definition) is 0. The zero-order chi connectivity index (χ0) is 29.4. The average Bonchev–Trinajstić information content (AvgIpc) is 3.47. The van der Waals surface area contributed by atoms with Crippen molar-refractivity contribution in [3.05, 3.63) is 134 Å². The molecule has 0 aliphatic carbocycles. The zero-order valence-corrected chi connectivity index (χ0v) is 25.9. The summed E-state index contributed by atoms with van der Waals surface area (Å²) in [6, 6.07) is 43.7. The summed E-state index contributed by atoms with van der Waals surface area (Å²) < 4.78 is 0. The van der Waals surface area contributed by atoms with Crippen LogP contribution in [0.1, 0.15) is 105 Å². The normalized spacial score (nSPS) is 8.36. The third kappa shape index (κ3) is 23.2. The number of unbranched alkanes of at least 4 members (excludes halogenated alkanes) is 1. The molecule has 5 aromatic carbocycles. The van der Waals surface area contributed by atoms with E-state index in [1.54, 1.807) is 0 Å². The highest BCUT2D eigenvalue weighted by Gasteiger charge is 1.87. The molecule has 1 aromatic heterocycles. The number of hydrogen-bond donors (Lipinski definition) is 1. The van der Waals surface area contributed by atoms with Crippen LogP contribution in [0.15, 0.2) is 134 Å². The minimum atomic E-state index is 0. The largest absolute Gasteiger partial charge is 0.361 e. The van der Waals surface area contributed by atoms with Crippen LogP contribution in [0.5, 0.6) is 0 Å². The number of para-hydroxylation sites is 1. The van der Waals surface area contributed by atoms with Crippen molar-refractivity contribution in [2.75, 3.05) is 0 Å². The van der Waals surface area contributed by atoms with Gasteiger partial charge >= 0.3 is 0 Å². The highest BCUT2D eigenvalue weighted by Crippen LogP contribution is 2.12. The lowest BCUT2D eigenvalue weighted by molar-refractivity contribution is 0.737. The van der Waals surface area contributed by atoms with Crippen molar-refractivity contribution in [2.45, 2.75) is 105 Å². The number of H-pyrrole nitrogens is 1. The maximum absolute atomic E-state index is 3.12. The van der Waals surface area contributed by atoms with Crippen molar-refractivity contribution >= 4 is 32.4 Å². The van der Waals surface area contributed by atoms with Gasteiger partial charge in [0.2, 0.25) is 0 Å². The van der Waals surface area contributed by atoms with Crippen LogP contribution in [0.4, 0.5) is 0 Å². The minimum absolute atomic E-state index is 0. The molecule has 45 heavy (non-hydrogen) atoms. The maximum Gasteiger partial charge on any atom is 0.0453 e. The summed E-state index contributed by atoms with van der Waals surface area (Å²) >= 11 is 0. The standard InChI is InChI=1S/2C10H8.C8H7N.2C4H10.C3H8.5CH4/c2*1-2-6-10-8-4-3-7-9(10)5-1;1-2-4-8-7(3-1)5-6-9-8;1-4(2)3;1-3-4-2;1-3-2;;;;;/h2*1-8H;1-6,9H;4H,1-3H3;3-4H2,1-2H3;3H2,1-2H3;5*1H4. The van der Waals surface area contributed by atoms with E-state index in [2.05, 4.69) is 169 Å². The van der Waals surface area contributed by atoms with Gasteiger partial charge in [-0.05, 0) is 45.0 Å². The second-order valence-corrected chi connectivity index (χ2v) is 10.2. The van der Waals surface area contributed by atoms with E-state index in [4.69, 9.17) is 0 Å². The summed E-state index contributed by atoms with van der Waals surface area (Å²) in [5.41, 5.74) is 1.21. The highest BCUT2D eigenvalue weighted by atomic mass is 14.7. The minimum Gasteiger partial charge on any atom is -0.361 e. The van der Waals surface area contributed by atoms with Gasteiger partial charge in [-0.25, -0.2) is 0 Å². The Hall–Kier alpha value is -3.84. The molecule has 0 aliphatic rings. The second-order valence-electron chi connectivity index (χ2n) is 10.2. The van der Waals surface area contributed by atoms with Crippen molar-refractivity contribution < 1.29 is 0 Å². The van der Waals surface area contributed by atoms with Crippen LogP contribution in [0.3, 0.4) is 0 Å². The van der Waals surface area contributed by atoms with Crippen molar-refractivity contribution in [2.24, 2.45) is 5.92 Å². The average molecular weight is 614 g/mol. The first-order valence-corrected chi connectivity index (χ1v) is 14.9. The fourth-order valence-corrected chi connectivity index (χ4v) is 3.26. The molecular weight excluding hydrogens is 542 g/mol. The molecule has 1 heteroatoms. The van der Waals surface area contributed by atoms with Gasteiger partial charge in [0, 0.05) is 11.7 Å². The van der Waals surface area contributed by atoms with E-state index in [0.29, 0.717) is 0 Å². The van der Waals surface area contributed by atoms with Gasteiger partial charge in [0.25, 0.3) is 0 Å². The molecule has 6 rings (SSSR count). The summed E-state index contributed by atoms with van der Waals surface area (Å²) in [6.45, 7) is 15.1. The van der Waals surface area contributed by atoms with E-state index in [9.17, 15) is 0 Å². The van der Waals surface area contributed by atoms with Crippen LogP contribution >= 0.6 is 0 Å². The topological polar surface area (TPSA) is 15.8 Å². The predicted octanol–water partition coefficient (Wildman–Crippen LogP) is 15.9. The maximum atomic E-state index is 3.12. The van der Waals surface area contributed by atoms with Crippen LogP contribution in [0, 0.1) is 5.92 Å². The molecule has 0 spiro atoms. The van der Waals surface area contributed by atoms with Crippen LogP contribution < -0.4 is 0 Å². The fourth-order valence-electron chi connectivity index (χ4n) is 3.26. The quantitative estimate of drug-likeness (QED) is 0.190. The smallest absolute Gasteiger partial charge is 0.0453 e. The number of rotatable bonds is 1. The summed E-state index contributed by atoms with van der Waals surface area (Å²) in [4.78, 5) is 3.12. The number of nitrogens with one attached hydrogen (secondary N) is 1. The van der Waals surface area contributed by atoms with Crippen LogP contribution in [0.2, 0.25) is 0 Å².